The quantitative estimate of drug-likeness (QED) is 0.414. The Hall–Kier alpha value is -0.620. The van der Waals surface area contributed by atoms with E-state index in [0.717, 1.165) is 38.2 Å². The Bertz CT molecular complexity index is 840. The van der Waals surface area contributed by atoms with Crippen LogP contribution in [-0.2, 0) is 24.5 Å². The van der Waals surface area contributed by atoms with E-state index in [9.17, 15) is 16.8 Å². The minimum atomic E-state index is -3.99. The molecule has 1 aliphatic carbocycles. The summed E-state index contributed by atoms with van der Waals surface area (Å²) < 4.78 is 57.7. The summed E-state index contributed by atoms with van der Waals surface area (Å²) in [6.07, 6.45) is 4.57. The number of halogens is 2. The molecule has 0 aromatic heterocycles. The van der Waals surface area contributed by atoms with Gasteiger partial charge in [0.15, 0.2) is 0 Å². The van der Waals surface area contributed by atoms with E-state index < -0.39 is 20.3 Å². The summed E-state index contributed by atoms with van der Waals surface area (Å²) in [6, 6.07) is 2.22. The number of anilines is 1. The van der Waals surface area contributed by atoms with Crippen LogP contribution in [0.3, 0.4) is 0 Å². The van der Waals surface area contributed by atoms with Crippen molar-refractivity contribution in [1.82, 2.24) is 9.44 Å². The first-order valence-electron chi connectivity index (χ1n) is 8.01. The van der Waals surface area contributed by atoms with Gasteiger partial charge in [0.05, 0.1) is 22.3 Å². The molecule has 1 aliphatic rings. The number of sulfonamides is 1. The third-order valence-corrected chi connectivity index (χ3v) is 7.24. The van der Waals surface area contributed by atoms with Gasteiger partial charge in [0.25, 0.3) is 0 Å². The normalized spacial score (nSPS) is 16.7. The lowest BCUT2D eigenvalue weighted by Crippen LogP contribution is -2.38. The fraction of sp³-hybridized carbons (Fsp3) is 0.571. The molecule has 12 heteroatoms. The van der Waals surface area contributed by atoms with Crippen LogP contribution in [-0.4, -0.2) is 36.0 Å². The molecule has 0 radical (unpaired) electrons. The second kappa shape index (κ2) is 9.05. The van der Waals surface area contributed by atoms with Crippen LogP contribution in [0.5, 0.6) is 0 Å². The SMILES string of the molecule is Nc1cc(Cl)c(S(=O)(=O)NCCOS(=O)(=O)NC2CCCCC2)cc1Cl. The predicted octanol–water partition coefficient (Wildman–Crippen LogP) is 2.04. The van der Waals surface area contributed by atoms with Crippen molar-refractivity contribution in [3.8, 4) is 0 Å². The molecular weight excluding hydrogens is 425 g/mol. The number of nitrogens with two attached hydrogens (primary N) is 1. The maximum atomic E-state index is 12.2. The third kappa shape index (κ3) is 6.22. The Labute approximate surface area is 163 Å². The highest BCUT2D eigenvalue weighted by Crippen LogP contribution is 2.29. The lowest BCUT2D eigenvalue weighted by molar-refractivity contribution is 0.303. The van der Waals surface area contributed by atoms with E-state index >= 15 is 0 Å². The van der Waals surface area contributed by atoms with Gasteiger partial charge in [-0.2, -0.15) is 13.1 Å². The fourth-order valence-electron chi connectivity index (χ4n) is 2.61. The standard InChI is InChI=1S/C14H21Cl2N3O5S2/c15-11-9-14(12(16)8-13(11)17)25(20,21)18-6-7-24-26(22,23)19-10-4-2-1-3-5-10/h8-10,18-19H,1-7,17H2. The maximum absolute atomic E-state index is 12.2. The van der Waals surface area contributed by atoms with Crippen molar-refractivity contribution in [2.45, 2.75) is 43.0 Å². The van der Waals surface area contributed by atoms with E-state index in [1.807, 2.05) is 0 Å². The summed E-state index contributed by atoms with van der Waals surface area (Å²) in [5.41, 5.74) is 5.71. The van der Waals surface area contributed by atoms with Crippen LogP contribution < -0.4 is 15.2 Å². The number of rotatable bonds is 8. The van der Waals surface area contributed by atoms with Crippen molar-refractivity contribution >= 4 is 49.2 Å². The molecule has 4 N–H and O–H groups in total. The van der Waals surface area contributed by atoms with Gasteiger partial charge in [-0.3, -0.25) is 4.18 Å². The first kappa shape index (κ1) is 21.7. The van der Waals surface area contributed by atoms with Gasteiger partial charge >= 0.3 is 10.3 Å². The predicted molar refractivity (Wildman–Crippen MR) is 101 cm³/mol. The second-order valence-electron chi connectivity index (χ2n) is 5.93. The smallest absolute Gasteiger partial charge is 0.336 e. The molecule has 1 aromatic carbocycles. The Morgan fingerprint density at radius 2 is 1.73 bits per heavy atom. The second-order valence-corrected chi connectivity index (χ2v) is 9.86. The molecule has 0 saturated heterocycles. The molecule has 0 aliphatic heterocycles. The number of hydrogen-bond donors (Lipinski definition) is 3. The van der Waals surface area contributed by atoms with Crippen LogP contribution in [0.4, 0.5) is 5.69 Å². The molecule has 26 heavy (non-hydrogen) atoms. The largest absolute Gasteiger partial charge is 0.397 e. The van der Waals surface area contributed by atoms with Gasteiger partial charge in [0.1, 0.15) is 4.90 Å². The van der Waals surface area contributed by atoms with Crippen molar-refractivity contribution in [3.63, 3.8) is 0 Å². The third-order valence-electron chi connectivity index (χ3n) is 3.89. The lowest BCUT2D eigenvalue weighted by atomic mass is 9.96. The highest BCUT2D eigenvalue weighted by atomic mass is 35.5. The van der Waals surface area contributed by atoms with E-state index in [2.05, 4.69) is 9.44 Å². The van der Waals surface area contributed by atoms with Gasteiger partial charge in [-0.25, -0.2) is 13.1 Å². The zero-order valence-corrected chi connectivity index (χ0v) is 17.0. The van der Waals surface area contributed by atoms with Gasteiger partial charge < -0.3 is 5.73 Å². The van der Waals surface area contributed by atoms with Gasteiger partial charge in [-0.15, -0.1) is 0 Å². The molecule has 8 nitrogen and oxygen atoms in total. The topological polar surface area (TPSA) is 128 Å². The molecule has 1 aromatic rings. The highest BCUT2D eigenvalue weighted by molar-refractivity contribution is 7.89. The Balaban J connectivity index is 1.87. The summed E-state index contributed by atoms with van der Waals surface area (Å²) >= 11 is 11.7. The summed E-state index contributed by atoms with van der Waals surface area (Å²) in [6.45, 7) is -0.617. The van der Waals surface area contributed by atoms with Crippen LogP contribution in [0.1, 0.15) is 32.1 Å². The van der Waals surface area contributed by atoms with Crippen molar-refractivity contribution in [2.75, 3.05) is 18.9 Å². The molecule has 0 heterocycles. The molecule has 2 rings (SSSR count). The first-order chi connectivity index (χ1) is 12.1. The molecule has 0 spiro atoms. The fourth-order valence-corrected chi connectivity index (χ4v) is 5.43. The van der Waals surface area contributed by atoms with E-state index in [4.69, 9.17) is 33.1 Å². The van der Waals surface area contributed by atoms with Crippen molar-refractivity contribution in [2.24, 2.45) is 0 Å². The number of benzene rings is 1. The minimum absolute atomic E-state index is 0.0466. The molecule has 1 saturated carbocycles. The van der Waals surface area contributed by atoms with Crippen molar-refractivity contribution in [1.29, 1.82) is 0 Å². The van der Waals surface area contributed by atoms with Crippen molar-refractivity contribution in [3.05, 3.63) is 22.2 Å². The average molecular weight is 446 g/mol. The maximum Gasteiger partial charge on any atom is 0.336 e. The van der Waals surface area contributed by atoms with Gasteiger partial charge in [-0.1, -0.05) is 42.5 Å². The van der Waals surface area contributed by atoms with Crippen LogP contribution in [0.25, 0.3) is 0 Å². The highest BCUT2D eigenvalue weighted by Gasteiger charge is 2.22. The monoisotopic (exact) mass is 445 g/mol. The molecule has 0 bridgehead atoms. The Morgan fingerprint density at radius 3 is 2.38 bits per heavy atom. The minimum Gasteiger partial charge on any atom is -0.397 e. The van der Waals surface area contributed by atoms with E-state index in [0.29, 0.717) is 0 Å². The van der Waals surface area contributed by atoms with Gasteiger partial charge in [0.2, 0.25) is 10.0 Å². The zero-order chi connectivity index (χ0) is 19.4. The molecule has 1 fully saturated rings. The molecule has 148 valence electrons. The zero-order valence-electron chi connectivity index (χ0n) is 13.9. The van der Waals surface area contributed by atoms with Gasteiger partial charge in [0, 0.05) is 12.6 Å². The van der Waals surface area contributed by atoms with Crippen LogP contribution in [0.2, 0.25) is 10.0 Å². The number of hydrogen-bond acceptors (Lipinski definition) is 6. The van der Waals surface area contributed by atoms with Crippen molar-refractivity contribution < 1.29 is 21.0 Å². The molecule has 0 atom stereocenters. The Kier molecular flexibility index (Phi) is 7.54. The summed E-state index contributed by atoms with van der Waals surface area (Å²) in [4.78, 5) is -0.249. The average Bonchev–Trinajstić information content (AvgIpc) is 2.55. The summed E-state index contributed by atoms with van der Waals surface area (Å²) in [5.74, 6) is 0. The number of nitrogens with one attached hydrogen (secondary N) is 2. The van der Waals surface area contributed by atoms with Crippen LogP contribution in [0.15, 0.2) is 17.0 Å². The molecule has 0 amide bonds. The van der Waals surface area contributed by atoms with E-state index in [1.165, 1.54) is 6.07 Å². The van der Waals surface area contributed by atoms with Gasteiger partial charge in [-0.05, 0) is 25.0 Å². The van der Waals surface area contributed by atoms with E-state index in [-0.39, 0.29) is 39.8 Å². The number of nitrogen functional groups attached to an aromatic ring is 1. The first-order valence-corrected chi connectivity index (χ1v) is 11.7. The molecular formula is C14H21Cl2N3O5S2. The van der Waals surface area contributed by atoms with Crippen LogP contribution in [0, 0.1) is 0 Å². The Morgan fingerprint density at radius 1 is 1.08 bits per heavy atom. The molecule has 0 unspecified atom stereocenters. The van der Waals surface area contributed by atoms with E-state index in [1.54, 1.807) is 0 Å². The summed E-state index contributed by atoms with van der Waals surface area (Å²) in [7, 11) is -7.92. The lowest BCUT2D eigenvalue weighted by Gasteiger charge is -2.22. The van der Waals surface area contributed by atoms with Crippen LogP contribution >= 0.6 is 23.2 Å². The summed E-state index contributed by atoms with van der Waals surface area (Å²) in [5, 5.41) is -0.0443.